The molecule has 1 nitrogen and oxygen atoms in total. The van der Waals surface area contributed by atoms with Gasteiger partial charge in [-0.1, -0.05) is 82.7 Å². The Morgan fingerprint density at radius 2 is 1.75 bits per heavy atom. The van der Waals surface area contributed by atoms with E-state index in [2.05, 4.69) is 82.7 Å². The lowest BCUT2D eigenvalue weighted by molar-refractivity contribution is 0.341. The second kappa shape index (κ2) is 4.38. The summed E-state index contributed by atoms with van der Waals surface area (Å²) in [5.41, 5.74) is 6.48. The van der Waals surface area contributed by atoms with Crippen LogP contribution >= 0.6 is 15.9 Å². The molecule has 0 amide bonds. The number of allylic oxidation sites excluding steroid dienone is 1. The molecular weight excluding hydrogens is 360 g/mol. The summed E-state index contributed by atoms with van der Waals surface area (Å²) in [5.74, 6) is 0. The highest BCUT2D eigenvalue weighted by atomic mass is 79.9. The Morgan fingerprint density at radius 1 is 0.917 bits per heavy atom. The summed E-state index contributed by atoms with van der Waals surface area (Å²) in [6.45, 7) is 0. The number of hydrogen-bond acceptors (Lipinski definition) is 1. The highest BCUT2D eigenvalue weighted by Gasteiger charge is 2.66. The first kappa shape index (κ1) is 13.4. The van der Waals surface area contributed by atoms with Crippen molar-refractivity contribution in [2.75, 3.05) is 0 Å². The zero-order chi connectivity index (χ0) is 15.9. The fourth-order valence-corrected chi connectivity index (χ4v) is 5.37. The SMILES string of the molecule is Br[C@@H]1CC=C2c3ccc4ccccc4c3-c3ccccc3[C@@]23O[C@@H]13. The first-order valence-corrected chi connectivity index (χ1v) is 9.37. The van der Waals surface area contributed by atoms with Gasteiger partial charge in [-0.2, -0.15) is 0 Å². The maximum atomic E-state index is 6.36. The quantitative estimate of drug-likeness (QED) is 0.365. The van der Waals surface area contributed by atoms with Crippen LogP contribution in [0.25, 0.3) is 27.5 Å². The van der Waals surface area contributed by atoms with Gasteiger partial charge in [-0.3, -0.25) is 0 Å². The molecule has 24 heavy (non-hydrogen) atoms. The Labute approximate surface area is 149 Å². The standard InChI is InChI=1S/C22H15BrO/c23-19-12-11-18-16-10-9-13-5-1-2-6-14(13)20(16)15-7-3-4-8-17(15)22(18)21(19)24-22/h1-11,19,21H,12H2/t19-,21+,22-/m1/s1. The minimum atomic E-state index is -0.238. The summed E-state index contributed by atoms with van der Waals surface area (Å²) < 4.78 is 6.36. The van der Waals surface area contributed by atoms with Crippen molar-refractivity contribution in [1.29, 1.82) is 0 Å². The number of benzene rings is 3. The molecule has 0 bridgehead atoms. The number of halogens is 1. The maximum absolute atomic E-state index is 6.36. The van der Waals surface area contributed by atoms with Gasteiger partial charge < -0.3 is 4.74 Å². The molecule has 116 valence electrons. The van der Waals surface area contributed by atoms with Crippen LogP contribution in [-0.4, -0.2) is 10.9 Å². The van der Waals surface area contributed by atoms with E-state index in [0.29, 0.717) is 4.83 Å². The van der Waals surface area contributed by atoms with E-state index in [4.69, 9.17) is 4.74 Å². The summed E-state index contributed by atoms with van der Waals surface area (Å²) in [5, 5.41) is 2.63. The number of fused-ring (bicyclic) bond motifs is 6. The molecule has 1 saturated heterocycles. The molecule has 1 fully saturated rings. The lowest BCUT2D eigenvalue weighted by Gasteiger charge is -2.32. The van der Waals surface area contributed by atoms with Crippen molar-refractivity contribution in [2.24, 2.45) is 0 Å². The van der Waals surface area contributed by atoms with E-state index in [0.717, 1.165) is 6.42 Å². The Morgan fingerprint density at radius 3 is 2.71 bits per heavy atom. The molecule has 0 N–H and O–H groups in total. The third kappa shape index (κ3) is 1.45. The highest BCUT2D eigenvalue weighted by Crippen LogP contribution is 2.66. The van der Waals surface area contributed by atoms with Crippen molar-refractivity contribution >= 4 is 32.3 Å². The van der Waals surface area contributed by atoms with E-state index in [1.807, 2.05) is 0 Å². The molecule has 1 heterocycles. The van der Waals surface area contributed by atoms with Crippen molar-refractivity contribution < 1.29 is 4.74 Å². The highest BCUT2D eigenvalue weighted by molar-refractivity contribution is 9.09. The molecule has 3 aliphatic rings. The van der Waals surface area contributed by atoms with Gasteiger partial charge in [0, 0.05) is 4.83 Å². The minimum absolute atomic E-state index is 0.238. The predicted molar refractivity (Wildman–Crippen MR) is 101 cm³/mol. The van der Waals surface area contributed by atoms with Crippen molar-refractivity contribution in [2.45, 2.75) is 23.0 Å². The second-order valence-electron chi connectivity index (χ2n) is 6.90. The van der Waals surface area contributed by atoms with Gasteiger partial charge in [-0.15, -0.1) is 0 Å². The summed E-state index contributed by atoms with van der Waals surface area (Å²) in [6, 6.07) is 22.0. The van der Waals surface area contributed by atoms with Crippen LogP contribution in [0.4, 0.5) is 0 Å². The van der Waals surface area contributed by atoms with E-state index >= 15 is 0 Å². The van der Waals surface area contributed by atoms with Gasteiger partial charge in [-0.25, -0.2) is 0 Å². The van der Waals surface area contributed by atoms with Crippen molar-refractivity contribution in [3.63, 3.8) is 0 Å². The molecule has 0 aromatic heterocycles. The first-order chi connectivity index (χ1) is 11.8. The molecule has 0 saturated carbocycles. The molecule has 0 radical (unpaired) electrons. The van der Waals surface area contributed by atoms with Gasteiger partial charge in [-0.05, 0) is 45.0 Å². The number of hydrogen-bond donors (Lipinski definition) is 0. The summed E-state index contributed by atoms with van der Waals surface area (Å²) in [4.78, 5) is 0.399. The number of epoxide rings is 1. The van der Waals surface area contributed by atoms with Crippen LogP contribution in [0.5, 0.6) is 0 Å². The molecule has 3 atom stereocenters. The van der Waals surface area contributed by atoms with Crippen LogP contribution in [0.1, 0.15) is 17.5 Å². The molecule has 3 aromatic rings. The van der Waals surface area contributed by atoms with Gasteiger partial charge in [0.25, 0.3) is 0 Å². The molecule has 2 heteroatoms. The average Bonchev–Trinajstić information content (AvgIpc) is 3.39. The third-order valence-electron chi connectivity index (χ3n) is 5.75. The van der Waals surface area contributed by atoms with E-state index in [1.54, 1.807) is 0 Å². The molecular formula is C22H15BrO. The predicted octanol–water partition coefficient (Wildman–Crippen LogP) is 5.67. The summed E-state index contributed by atoms with van der Waals surface area (Å²) in [6.07, 6.45) is 3.65. The topological polar surface area (TPSA) is 12.5 Å². The van der Waals surface area contributed by atoms with Crippen LogP contribution in [0.2, 0.25) is 0 Å². The monoisotopic (exact) mass is 374 g/mol. The zero-order valence-corrected chi connectivity index (χ0v) is 14.6. The molecule has 6 rings (SSSR count). The van der Waals surface area contributed by atoms with Gasteiger partial charge in [0.15, 0.2) is 0 Å². The molecule has 0 unspecified atom stereocenters. The fraction of sp³-hybridized carbons (Fsp3) is 0.182. The number of alkyl halides is 1. The van der Waals surface area contributed by atoms with Crippen LogP contribution in [0.15, 0.2) is 66.7 Å². The molecule has 2 aliphatic carbocycles. The average molecular weight is 375 g/mol. The number of rotatable bonds is 0. The van der Waals surface area contributed by atoms with Gasteiger partial charge >= 0.3 is 0 Å². The second-order valence-corrected chi connectivity index (χ2v) is 8.07. The lowest BCUT2D eigenvalue weighted by atomic mass is 9.69. The van der Waals surface area contributed by atoms with Gasteiger partial charge in [0.2, 0.25) is 0 Å². The van der Waals surface area contributed by atoms with Crippen molar-refractivity contribution in [1.82, 2.24) is 0 Å². The summed E-state index contributed by atoms with van der Waals surface area (Å²) >= 11 is 3.81. The first-order valence-electron chi connectivity index (χ1n) is 8.45. The lowest BCUT2D eigenvalue weighted by Crippen LogP contribution is -2.28. The zero-order valence-electron chi connectivity index (χ0n) is 13.0. The van der Waals surface area contributed by atoms with Crippen LogP contribution in [0, 0.1) is 0 Å². The van der Waals surface area contributed by atoms with Gasteiger partial charge in [0.05, 0.1) is 0 Å². The van der Waals surface area contributed by atoms with Gasteiger partial charge in [0.1, 0.15) is 11.7 Å². The Bertz CT molecular complexity index is 1050. The Kier molecular flexibility index (Phi) is 2.45. The fourth-order valence-electron chi connectivity index (χ4n) is 4.70. The van der Waals surface area contributed by atoms with Crippen molar-refractivity contribution in [3.05, 3.63) is 77.9 Å². The largest absolute Gasteiger partial charge is 0.355 e. The normalized spacial score (nSPS) is 29.1. The smallest absolute Gasteiger partial charge is 0.147 e. The minimum Gasteiger partial charge on any atom is -0.355 e. The Hall–Kier alpha value is -1.90. The van der Waals surface area contributed by atoms with E-state index in [-0.39, 0.29) is 11.7 Å². The van der Waals surface area contributed by atoms with E-state index < -0.39 is 0 Å². The van der Waals surface area contributed by atoms with Crippen LogP contribution in [0.3, 0.4) is 0 Å². The van der Waals surface area contributed by atoms with E-state index in [1.165, 1.54) is 38.6 Å². The maximum Gasteiger partial charge on any atom is 0.147 e. The molecule has 1 spiro atoms. The molecule has 3 aromatic carbocycles. The Balaban J connectivity index is 1.79. The van der Waals surface area contributed by atoms with Crippen molar-refractivity contribution in [3.8, 4) is 11.1 Å². The van der Waals surface area contributed by atoms with E-state index in [9.17, 15) is 0 Å². The summed E-state index contributed by atoms with van der Waals surface area (Å²) in [7, 11) is 0. The molecule has 1 aliphatic heterocycles. The van der Waals surface area contributed by atoms with Crippen LogP contribution < -0.4 is 0 Å². The van der Waals surface area contributed by atoms with Crippen LogP contribution in [-0.2, 0) is 10.3 Å². The number of ether oxygens (including phenoxy) is 1. The third-order valence-corrected chi connectivity index (χ3v) is 6.60.